The summed E-state index contributed by atoms with van der Waals surface area (Å²) in [4.78, 5) is 14.7. The fraction of sp³-hybridized carbons (Fsp3) is 0.350. The number of hydrogen-bond donors (Lipinski definition) is 2. The molecule has 2 unspecified atom stereocenters. The molecule has 2 amide bonds. The van der Waals surface area contributed by atoms with Crippen LogP contribution in [0.25, 0.3) is 0 Å². The van der Waals surface area contributed by atoms with Gasteiger partial charge < -0.3 is 15.4 Å². The average molecular weight is 374 g/mol. The molecular weight excluding hydrogens is 350 g/mol. The van der Waals surface area contributed by atoms with Crippen LogP contribution in [0.2, 0.25) is 5.02 Å². The highest BCUT2D eigenvalue weighted by Gasteiger charge is 2.31. The highest BCUT2D eigenvalue weighted by Crippen LogP contribution is 2.31. The van der Waals surface area contributed by atoms with Crippen molar-refractivity contribution in [1.29, 1.82) is 0 Å². The zero-order valence-electron chi connectivity index (χ0n) is 15.0. The maximum absolute atomic E-state index is 12.5. The first-order chi connectivity index (χ1) is 12.6. The van der Waals surface area contributed by atoms with Gasteiger partial charge in [0.1, 0.15) is 5.75 Å². The minimum absolute atomic E-state index is 0.0365. The van der Waals surface area contributed by atoms with Gasteiger partial charge in [0.05, 0.1) is 19.2 Å². The number of urea groups is 1. The molecule has 2 aromatic carbocycles. The van der Waals surface area contributed by atoms with E-state index < -0.39 is 0 Å². The molecule has 26 heavy (non-hydrogen) atoms. The Morgan fingerprint density at radius 2 is 1.85 bits per heavy atom. The van der Waals surface area contributed by atoms with Crippen LogP contribution in [0.15, 0.2) is 48.5 Å². The number of nitrogens with zero attached hydrogens (tertiary/aromatic N) is 1. The molecule has 1 aliphatic rings. The van der Waals surface area contributed by atoms with Crippen LogP contribution in [0.5, 0.6) is 5.75 Å². The van der Waals surface area contributed by atoms with Crippen LogP contribution >= 0.6 is 11.6 Å². The van der Waals surface area contributed by atoms with Crippen LogP contribution in [0.3, 0.4) is 0 Å². The first-order valence-corrected chi connectivity index (χ1v) is 9.12. The third-order valence-electron chi connectivity index (χ3n) is 4.76. The molecule has 1 fully saturated rings. The third kappa shape index (κ3) is 4.48. The molecule has 0 spiro atoms. The van der Waals surface area contributed by atoms with Gasteiger partial charge in [0, 0.05) is 10.7 Å². The molecule has 5 nitrogen and oxygen atoms in total. The van der Waals surface area contributed by atoms with Crippen molar-refractivity contribution < 1.29 is 9.53 Å². The molecule has 0 aromatic heterocycles. The van der Waals surface area contributed by atoms with Gasteiger partial charge in [0.15, 0.2) is 0 Å². The quantitative estimate of drug-likeness (QED) is 0.839. The van der Waals surface area contributed by atoms with Gasteiger partial charge in [-0.2, -0.15) is 0 Å². The standard InChI is InChI=1S/C20H24ClN3O2/c1-24-13-3-4-18(19(24)14-5-11-17(26-2)12-6-14)23-20(25)22-16-9-7-15(21)8-10-16/h5-12,18-19H,3-4,13H2,1-2H3,(H2,22,23,25). The first kappa shape index (κ1) is 18.5. The van der Waals surface area contributed by atoms with Crippen molar-refractivity contribution in [3.05, 3.63) is 59.1 Å². The summed E-state index contributed by atoms with van der Waals surface area (Å²) >= 11 is 5.89. The molecule has 0 aliphatic carbocycles. The molecule has 3 rings (SSSR count). The first-order valence-electron chi connectivity index (χ1n) is 8.74. The SMILES string of the molecule is COc1ccc(C2C(NC(=O)Nc3ccc(Cl)cc3)CCCN2C)cc1. The lowest BCUT2D eigenvalue weighted by Crippen LogP contribution is -2.49. The summed E-state index contributed by atoms with van der Waals surface area (Å²) in [6.45, 7) is 1.01. The van der Waals surface area contributed by atoms with Gasteiger partial charge in [0.25, 0.3) is 0 Å². The summed E-state index contributed by atoms with van der Waals surface area (Å²) in [5.74, 6) is 0.831. The van der Waals surface area contributed by atoms with Crippen LogP contribution in [0.4, 0.5) is 10.5 Å². The molecule has 6 heteroatoms. The minimum atomic E-state index is -0.203. The van der Waals surface area contributed by atoms with Crippen LogP contribution in [0, 0.1) is 0 Å². The topological polar surface area (TPSA) is 53.6 Å². The second kappa shape index (κ2) is 8.43. The molecule has 1 aliphatic heterocycles. The number of likely N-dealkylation sites (tertiary alicyclic amines) is 1. The summed E-state index contributed by atoms with van der Waals surface area (Å²) in [6, 6.07) is 15.1. The van der Waals surface area contributed by atoms with Gasteiger partial charge in [-0.15, -0.1) is 0 Å². The summed E-state index contributed by atoms with van der Waals surface area (Å²) in [5, 5.41) is 6.65. The fourth-order valence-corrected chi connectivity index (χ4v) is 3.60. The predicted octanol–water partition coefficient (Wildman–Crippen LogP) is 4.31. The molecule has 1 saturated heterocycles. The van der Waals surface area contributed by atoms with E-state index in [1.54, 1.807) is 31.4 Å². The Balaban J connectivity index is 1.70. The van der Waals surface area contributed by atoms with E-state index in [0.29, 0.717) is 5.02 Å². The Labute approximate surface area is 159 Å². The lowest BCUT2D eigenvalue weighted by molar-refractivity contribution is 0.145. The molecule has 0 saturated carbocycles. The van der Waals surface area contributed by atoms with Crippen molar-refractivity contribution in [2.24, 2.45) is 0 Å². The summed E-state index contributed by atoms with van der Waals surface area (Å²) in [5.41, 5.74) is 1.89. The number of carbonyl (C=O) groups excluding carboxylic acids is 1. The number of carbonyl (C=O) groups is 1. The molecule has 138 valence electrons. The van der Waals surface area contributed by atoms with E-state index in [4.69, 9.17) is 16.3 Å². The molecule has 2 atom stereocenters. The highest BCUT2D eigenvalue weighted by molar-refractivity contribution is 6.30. The number of ether oxygens (including phenoxy) is 1. The number of hydrogen-bond acceptors (Lipinski definition) is 3. The van der Waals surface area contributed by atoms with Crippen molar-refractivity contribution in [1.82, 2.24) is 10.2 Å². The normalized spacial score (nSPS) is 20.4. The highest BCUT2D eigenvalue weighted by atomic mass is 35.5. The Morgan fingerprint density at radius 3 is 2.50 bits per heavy atom. The molecule has 0 bridgehead atoms. The van der Waals surface area contributed by atoms with Crippen LogP contribution in [-0.4, -0.2) is 37.7 Å². The number of nitrogens with one attached hydrogen (secondary N) is 2. The molecule has 0 radical (unpaired) electrons. The predicted molar refractivity (Wildman–Crippen MR) is 105 cm³/mol. The number of methoxy groups -OCH3 is 1. The lowest BCUT2D eigenvalue weighted by atomic mass is 9.91. The molecule has 1 heterocycles. The maximum atomic E-state index is 12.5. The number of anilines is 1. The van der Waals surface area contributed by atoms with Crippen molar-refractivity contribution in [3.63, 3.8) is 0 Å². The van der Waals surface area contributed by atoms with Crippen LogP contribution in [0.1, 0.15) is 24.4 Å². The van der Waals surface area contributed by atoms with Crippen LogP contribution in [-0.2, 0) is 0 Å². The number of halogens is 1. The Morgan fingerprint density at radius 1 is 1.15 bits per heavy atom. The minimum Gasteiger partial charge on any atom is -0.497 e. The second-order valence-electron chi connectivity index (χ2n) is 6.55. The van der Waals surface area contributed by atoms with Gasteiger partial charge in [-0.05, 0) is 68.4 Å². The molecular formula is C20H24ClN3O2. The maximum Gasteiger partial charge on any atom is 0.319 e. The number of likely N-dealkylation sites (N-methyl/N-ethyl adjacent to an activating group) is 1. The second-order valence-corrected chi connectivity index (χ2v) is 6.99. The summed E-state index contributed by atoms with van der Waals surface area (Å²) in [6.07, 6.45) is 1.99. The number of amides is 2. The van der Waals surface area contributed by atoms with E-state index in [1.165, 1.54) is 5.56 Å². The van der Waals surface area contributed by atoms with Crippen molar-refractivity contribution in [2.45, 2.75) is 24.9 Å². The van der Waals surface area contributed by atoms with Crippen molar-refractivity contribution >= 4 is 23.3 Å². The van der Waals surface area contributed by atoms with E-state index in [0.717, 1.165) is 30.8 Å². The lowest BCUT2D eigenvalue weighted by Gasteiger charge is -2.39. The monoisotopic (exact) mass is 373 g/mol. The average Bonchev–Trinajstić information content (AvgIpc) is 2.64. The number of benzene rings is 2. The number of rotatable bonds is 4. The smallest absolute Gasteiger partial charge is 0.319 e. The van der Waals surface area contributed by atoms with E-state index in [2.05, 4.69) is 34.7 Å². The van der Waals surface area contributed by atoms with E-state index in [1.807, 2.05) is 12.1 Å². The summed E-state index contributed by atoms with van der Waals surface area (Å²) < 4.78 is 5.25. The van der Waals surface area contributed by atoms with Gasteiger partial charge in [-0.3, -0.25) is 4.90 Å². The van der Waals surface area contributed by atoms with E-state index in [-0.39, 0.29) is 18.1 Å². The number of piperidine rings is 1. The molecule has 2 aromatic rings. The van der Waals surface area contributed by atoms with Gasteiger partial charge >= 0.3 is 6.03 Å². The Kier molecular flexibility index (Phi) is 6.01. The van der Waals surface area contributed by atoms with E-state index >= 15 is 0 Å². The van der Waals surface area contributed by atoms with Crippen molar-refractivity contribution in [3.8, 4) is 5.75 Å². The van der Waals surface area contributed by atoms with Crippen molar-refractivity contribution in [2.75, 3.05) is 26.0 Å². The van der Waals surface area contributed by atoms with Gasteiger partial charge in [-0.25, -0.2) is 4.79 Å². The Hall–Kier alpha value is -2.24. The Bertz CT molecular complexity index is 734. The molecule has 2 N–H and O–H groups in total. The zero-order valence-corrected chi connectivity index (χ0v) is 15.8. The van der Waals surface area contributed by atoms with Gasteiger partial charge in [-0.1, -0.05) is 23.7 Å². The largest absolute Gasteiger partial charge is 0.497 e. The van der Waals surface area contributed by atoms with Gasteiger partial charge in [0.2, 0.25) is 0 Å². The third-order valence-corrected chi connectivity index (χ3v) is 5.01. The van der Waals surface area contributed by atoms with Crippen LogP contribution < -0.4 is 15.4 Å². The zero-order chi connectivity index (χ0) is 18.5. The fourth-order valence-electron chi connectivity index (χ4n) is 3.47. The summed E-state index contributed by atoms with van der Waals surface area (Å²) in [7, 11) is 3.76. The van der Waals surface area contributed by atoms with E-state index in [9.17, 15) is 4.79 Å².